The Morgan fingerprint density at radius 3 is 2.71 bits per heavy atom. The van der Waals surface area contributed by atoms with Crippen molar-refractivity contribution >= 4 is 11.4 Å². The van der Waals surface area contributed by atoms with Gasteiger partial charge in [0, 0.05) is 5.69 Å². The molecule has 0 unspecified atom stereocenters. The Balaban J connectivity index is 2.28. The van der Waals surface area contributed by atoms with Gasteiger partial charge in [-0.15, -0.1) is 0 Å². The van der Waals surface area contributed by atoms with Gasteiger partial charge in [-0.05, 0) is 30.3 Å². The SMILES string of the molecule is COc1ccccc1Nc1cccc(C#N)c1. The third-order valence-electron chi connectivity index (χ3n) is 2.38. The summed E-state index contributed by atoms with van der Waals surface area (Å²) in [5.74, 6) is 0.773. The van der Waals surface area contributed by atoms with Gasteiger partial charge in [-0.3, -0.25) is 0 Å². The van der Waals surface area contributed by atoms with Crippen LogP contribution in [0.2, 0.25) is 0 Å². The Morgan fingerprint density at radius 1 is 1.12 bits per heavy atom. The van der Waals surface area contributed by atoms with E-state index < -0.39 is 0 Å². The van der Waals surface area contributed by atoms with E-state index in [1.165, 1.54) is 0 Å². The van der Waals surface area contributed by atoms with Crippen molar-refractivity contribution in [1.29, 1.82) is 5.26 Å². The number of hydrogen-bond acceptors (Lipinski definition) is 3. The molecule has 0 bridgehead atoms. The van der Waals surface area contributed by atoms with E-state index in [2.05, 4.69) is 11.4 Å². The van der Waals surface area contributed by atoms with Crippen LogP contribution in [0.1, 0.15) is 5.56 Å². The molecule has 17 heavy (non-hydrogen) atoms. The first kappa shape index (κ1) is 11.0. The third-order valence-corrected chi connectivity index (χ3v) is 2.38. The molecule has 0 amide bonds. The summed E-state index contributed by atoms with van der Waals surface area (Å²) in [4.78, 5) is 0. The molecule has 0 aliphatic heterocycles. The van der Waals surface area contributed by atoms with Crippen molar-refractivity contribution in [3.63, 3.8) is 0 Å². The largest absolute Gasteiger partial charge is 0.495 e. The lowest BCUT2D eigenvalue weighted by molar-refractivity contribution is 0.417. The summed E-state index contributed by atoms with van der Waals surface area (Å²) in [6.45, 7) is 0. The number of para-hydroxylation sites is 2. The van der Waals surface area contributed by atoms with Crippen molar-refractivity contribution in [2.45, 2.75) is 0 Å². The van der Waals surface area contributed by atoms with Crippen LogP contribution < -0.4 is 10.1 Å². The smallest absolute Gasteiger partial charge is 0.142 e. The summed E-state index contributed by atoms with van der Waals surface area (Å²) >= 11 is 0. The van der Waals surface area contributed by atoms with Crippen molar-refractivity contribution in [3.8, 4) is 11.8 Å². The second-order valence-corrected chi connectivity index (χ2v) is 3.52. The first-order valence-corrected chi connectivity index (χ1v) is 5.23. The van der Waals surface area contributed by atoms with Crippen LogP contribution >= 0.6 is 0 Å². The van der Waals surface area contributed by atoms with Gasteiger partial charge in [0.25, 0.3) is 0 Å². The van der Waals surface area contributed by atoms with E-state index in [-0.39, 0.29) is 0 Å². The number of nitrogens with one attached hydrogen (secondary N) is 1. The molecule has 1 N–H and O–H groups in total. The molecule has 0 atom stereocenters. The zero-order valence-corrected chi connectivity index (χ0v) is 9.47. The van der Waals surface area contributed by atoms with Crippen LogP contribution in [0.3, 0.4) is 0 Å². The minimum absolute atomic E-state index is 0.630. The molecule has 3 heteroatoms. The number of nitrogens with zero attached hydrogens (tertiary/aromatic N) is 1. The molecule has 0 saturated carbocycles. The van der Waals surface area contributed by atoms with Crippen LogP contribution in [0.25, 0.3) is 0 Å². The van der Waals surface area contributed by atoms with Crippen LogP contribution in [-0.2, 0) is 0 Å². The van der Waals surface area contributed by atoms with Crippen LogP contribution in [0, 0.1) is 11.3 Å². The van der Waals surface area contributed by atoms with Crippen LogP contribution in [-0.4, -0.2) is 7.11 Å². The molecule has 0 aliphatic carbocycles. The molecule has 0 radical (unpaired) electrons. The number of hydrogen-bond donors (Lipinski definition) is 1. The zero-order valence-electron chi connectivity index (χ0n) is 9.47. The fourth-order valence-electron chi connectivity index (χ4n) is 1.57. The Hall–Kier alpha value is -2.47. The predicted molar refractivity (Wildman–Crippen MR) is 67.4 cm³/mol. The van der Waals surface area contributed by atoms with Crippen molar-refractivity contribution < 1.29 is 4.74 Å². The maximum atomic E-state index is 8.83. The highest BCUT2D eigenvalue weighted by Crippen LogP contribution is 2.27. The summed E-state index contributed by atoms with van der Waals surface area (Å²) in [6.07, 6.45) is 0. The lowest BCUT2D eigenvalue weighted by Gasteiger charge is -2.10. The number of nitriles is 1. The maximum Gasteiger partial charge on any atom is 0.142 e. The molecular formula is C14H12N2O. The first-order chi connectivity index (χ1) is 8.33. The second-order valence-electron chi connectivity index (χ2n) is 3.52. The van der Waals surface area contributed by atoms with Crippen LogP contribution in [0.4, 0.5) is 11.4 Å². The molecule has 2 aromatic rings. The van der Waals surface area contributed by atoms with Gasteiger partial charge in [0.2, 0.25) is 0 Å². The number of methoxy groups -OCH3 is 1. The molecule has 0 fully saturated rings. The lowest BCUT2D eigenvalue weighted by Crippen LogP contribution is -1.94. The molecule has 0 aliphatic rings. The van der Waals surface area contributed by atoms with E-state index >= 15 is 0 Å². The second kappa shape index (κ2) is 5.04. The molecular weight excluding hydrogens is 212 g/mol. The number of ether oxygens (including phenoxy) is 1. The Bertz CT molecular complexity index is 558. The summed E-state index contributed by atoms with van der Waals surface area (Å²) in [7, 11) is 1.63. The van der Waals surface area contributed by atoms with E-state index in [1.54, 1.807) is 19.2 Å². The van der Waals surface area contributed by atoms with Gasteiger partial charge < -0.3 is 10.1 Å². The molecule has 0 spiro atoms. The number of benzene rings is 2. The van der Waals surface area contributed by atoms with Crippen molar-refractivity contribution in [3.05, 3.63) is 54.1 Å². The summed E-state index contributed by atoms with van der Waals surface area (Å²) in [6, 6.07) is 17.1. The number of anilines is 2. The third kappa shape index (κ3) is 2.56. The average molecular weight is 224 g/mol. The minimum atomic E-state index is 0.630. The number of rotatable bonds is 3. The van der Waals surface area contributed by atoms with Crippen LogP contribution in [0.15, 0.2) is 48.5 Å². The maximum absolute atomic E-state index is 8.83. The normalized spacial score (nSPS) is 9.41. The highest BCUT2D eigenvalue weighted by Gasteiger charge is 2.01. The predicted octanol–water partition coefficient (Wildman–Crippen LogP) is 3.31. The van der Waals surface area contributed by atoms with E-state index in [4.69, 9.17) is 10.00 Å². The van der Waals surface area contributed by atoms with E-state index in [1.807, 2.05) is 36.4 Å². The van der Waals surface area contributed by atoms with Gasteiger partial charge >= 0.3 is 0 Å². The average Bonchev–Trinajstić information content (AvgIpc) is 2.39. The van der Waals surface area contributed by atoms with Gasteiger partial charge in [0.15, 0.2) is 0 Å². The lowest BCUT2D eigenvalue weighted by atomic mass is 10.2. The van der Waals surface area contributed by atoms with Gasteiger partial charge in [-0.25, -0.2) is 0 Å². The Kier molecular flexibility index (Phi) is 3.27. The molecule has 0 aromatic heterocycles. The van der Waals surface area contributed by atoms with Gasteiger partial charge in [-0.1, -0.05) is 18.2 Å². The Morgan fingerprint density at radius 2 is 1.94 bits per heavy atom. The summed E-state index contributed by atoms with van der Waals surface area (Å²) < 4.78 is 5.25. The monoisotopic (exact) mass is 224 g/mol. The minimum Gasteiger partial charge on any atom is -0.495 e. The fraction of sp³-hybridized carbons (Fsp3) is 0.0714. The molecule has 0 saturated heterocycles. The summed E-state index contributed by atoms with van der Waals surface area (Å²) in [5.41, 5.74) is 2.38. The van der Waals surface area contributed by atoms with Gasteiger partial charge in [0.05, 0.1) is 24.4 Å². The topological polar surface area (TPSA) is 45.0 Å². The highest BCUT2D eigenvalue weighted by molar-refractivity contribution is 5.67. The van der Waals surface area contributed by atoms with Crippen molar-refractivity contribution in [2.24, 2.45) is 0 Å². The van der Waals surface area contributed by atoms with Gasteiger partial charge in [-0.2, -0.15) is 5.26 Å². The quantitative estimate of drug-likeness (QED) is 0.869. The van der Waals surface area contributed by atoms with Crippen molar-refractivity contribution in [2.75, 3.05) is 12.4 Å². The van der Waals surface area contributed by atoms with Crippen LogP contribution in [0.5, 0.6) is 5.75 Å². The molecule has 0 heterocycles. The molecule has 2 aromatic carbocycles. The molecule has 2 rings (SSSR count). The van der Waals surface area contributed by atoms with E-state index in [0.717, 1.165) is 17.1 Å². The first-order valence-electron chi connectivity index (χ1n) is 5.23. The van der Waals surface area contributed by atoms with E-state index in [0.29, 0.717) is 5.56 Å². The Labute approximate surface area is 100 Å². The van der Waals surface area contributed by atoms with Gasteiger partial charge in [0.1, 0.15) is 5.75 Å². The molecule has 3 nitrogen and oxygen atoms in total. The standard InChI is InChI=1S/C14H12N2O/c1-17-14-8-3-2-7-13(14)16-12-6-4-5-11(9-12)10-15/h2-9,16H,1H3. The van der Waals surface area contributed by atoms with E-state index in [9.17, 15) is 0 Å². The van der Waals surface area contributed by atoms with Crippen molar-refractivity contribution in [1.82, 2.24) is 0 Å². The summed E-state index contributed by atoms with van der Waals surface area (Å²) in [5, 5.41) is 12.0. The molecule has 84 valence electrons. The highest BCUT2D eigenvalue weighted by atomic mass is 16.5. The zero-order chi connectivity index (χ0) is 12.1. The fourth-order valence-corrected chi connectivity index (χ4v) is 1.57.